The van der Waals surface area contributed by atoms with Gasteiger partial charge in [0.1, 0.15) is 0 Å². The Balaban J connectivity index is 0. The van der Waals surface area contributed by atoms with E-state index >= 15 is 0 Å². The van der Waals surface area contributed by atoms with E-state index in [0.29, 0.717) is 0 Å². The molecule has 0 amide bonds. The lowest BCUT2D eigenvalue weighted by molar-refractivity contribution is -0.132. The van der Waals surface area contributed by atoms with Gasteiger partial charge >= 0.3 is 7.91 Å². The normalized spacial score (nSPS) is 8.58. The molecule has 0 atom stereocenters. The number of hydrogen-bond donors (Lipinski definition) is 2. The average molecular weight is 193 g/mol. The van der Waals surface area contributed by atoms with Crippen LogP contribution in [0.1, 0.15) is 12.7 Å². The summed E-state index contributed by atoms with van der Waals surface area (Å²) in [6.07, 6.45) is 1.81. The van der Waals surface area contributed by atoms with Crippen LogP contribution in [0.4, 0.5) is 0 Å². The van der Waals surface area contributed by atoms with Gasteiger partial charge in [-0.2, -0.15) is 5.10 Å². The van der Waals surface area contributed by atoms with Gasteiger partial charge in [0.05, 0.1) is 6.20 Å². The molecule has 6 nitrogen and oxygen atoms in total. The van der Waals surface area contributed by atoms with Crippen molar-refractivity contribution in [1.29, 1.82) is 0 Å². The van der Waals surface area contributed by atoms with Crippen molar-refractivity contribution in [1.82, 2.24) is 10.2 Å². The summed E-state index contributed by atoms with van der Waals surface area (Å²) in [6.45, 7) is 4.03. The number of nitrogens with zero attached hydrogens (tertiary/aromatic N) is 1. The second-order valence-corrected chi connectivity index (χ2v) is 2.59. The van der Waals surface area contributed by atoms with Crippen molar-refractivity contribution >= 4 is 7.91 Å². The molecule has 0 saturated carbocycles. The van der Waals surface area contributed by atoms with Crippen LogP contribution in [0.5, 0.6) is 0 Å². The van der Waals surface area contributed by atoms with Crippen LogP contribution in [0.25, 0.3) is 0 Å². The first-order valence-corrected chi connectivity index (χ1v) is 4.10. The highest BCUT2D eigenvalue weighted by molar-refractivity contribution is 7.24. The molecule has 1 aromatic rings. The van der Waals surface area contributed by atoms with E-state index in [1.54, 1.807) is 0 Å². The number of nitrogens with one attached hydrogen (secondary N) is 1. The lowest BCUT2D eigenvalue weighted by Gasteiger charge is -1.78. The van der Waals surface area contributed by atoms with Gasteiger partial charge < -0.3 is 0 Å². The fraction of sp³-hybridized carbons (Fsp3) is 0.400. The number of rotatable bonds is 1. The Bertz CT molecular complexity index is 274. The first-order valence-electron chi connectivity index (χ1n) is 3.00. The molecule has 0 aliphatic rings. The lowest BCUT2D eigenvalue weighted by atomic mass is 10.3. The summed E-state index contributed by atoms with van der Waals surface area (Å²) in [5, 5.41) is 13.7. The van der Waals surface area contributed by atoms with Crippen LogP contribution in [0.2, 0.25) is 0 Å². The Kier molecular flexibility index (Phi) is 5.19. The third-order valence-electron chi connectivity index (χ3n) is 1.15. The summed E-state index contributed by atoms with van der Waals surface area (Å²) in [7, 11) is -3.04. The molecule has 0 saturated heterocycles. The van der Waals surface area contributed by atoms with Crippen LogP contribution in [0, 0.1) is 13.8 Å². The summed E-state index contributed by atoms with van der Waals surface area (Å²) in [4.78, 5) is 0. The van der Waals surface area contributed by atoms with Gasteiger partial charge in [-0.05, 0) is 19.4 Å². The molecule has 69 valence electrons. The zero-order valence-electron chi connectivity index (χ0n) is 7.64. The van der Waals surface area contributed by atoms with Crippen molar-refractivity contribution in [3.05, 3.63) is 17.5 Å². The molecule has 7 heteroatoms. The standard InChI is InChI=1S/C5H8N2.HO4P.H/c1-4-3-6-7-5(4)2;1-4-5(2)3;/h3H,1-2H3,(H,6,7);1H;. The van der Waals surface area contributed by atoms with Crippen LogP contribution in [-0.2, 0) is 13.8 Å². The van der Waals surface area contributed by atoms with Crippen molar-refractivity contribution in [3.8, 4) is 0 Å². The van der Waals surface area contributed by atoms with Gasteiger partial charge in [-0.3, -0.25) is 5.10 Å². The zero-order valence-corrected chi connectivity index (χ0v) is 7.54. The molecule has 12 heavy (non-hydrogen) atoms. The maximum absolute atomic E-state index is 8.93. The van der Waals surface area contributed by atoms with Gasteiger partial charge in [0.2, 0.25) is 0 Å². The Labute approximate surface area is 70.9 Å². The van der Waals surface area contributed by atoms with Gasteiger partial charge in [0.15, 0.2) is 0 Å². The topological polar surface area (TPSA) is 92.3 Å². The number of aromatic nitrogens is 2. The molecule has 2 N–H and O–H groups in total. The maximum atomic E-state index is 8.93. The summed E-state index contributed by atoms with van der Waals surface area (Å²) in [5.41, 5.74) is 2.38. The minimum Gasteiger partial charge on any atom is -0.283 e. The summed E-state index contributed by atoms with van der Waals surface area (Å²) in [5.74, 6) is 0. The monoisotopic (exact) mass is 193 g/mol. The van der Waals surface area contributed by atoms with Crippen molar-refractivity contribution in [2.45, 2.75) is 13.8 Å². The van der Waals surface area contributed by atoms with E-state index in [2.05, 4.69) is 14.9 Å². The molecule has 1 aromatic heterocycles. The van der Waals surface area contributed by atoms with E-state index in [1.165, 1.54) is 5.56 Å². The number of aromatic amines is 1. The maximum Gasteiger partial charge on any atom is 0.496 e. The van der Waals surface area contributed by atoms with E-state index in [0.717, 1.165) is 5.69 Å². The van der Waals surface area contributed by atoms with Crippen molar-refractivity contribution in [3.63, 3.8) is 0 Å². The molecule has 1 rings (SSSR count). The van der Waals surface area contributed by atoms with E-state index < -0.39 is 7.91 Å². The molecule has 0 unspecified atom stereocenters. The first-order chi connectivity index (χ1) is 5.57. The summed E-state index contributed by atoms with van der Waals surface area (Å²) >= 11 is 0. The van der Waals surface area contributed by atoms with Crippen LogP contribution < -0.4 is 0 Å². The van der Waals surface area contributed by atoms with Crippen molar-refractivity contribution < 1.29 is 20.5 Å². The molecule has 1 heterocycles. The average Bonchev–Trinajstić information content (AvgIpc) is 2.37. The van der Waals surface area contributed by atoms with E-state index in [4.69, 9.17) is 14.4 Å². The Morgan fingerprint density at radius 1 is 1.67 bits per heavy atom. The lowest BCUT2D eigenvalue weighted by Crippen LogP contribution is -1.70. The van der Waals surface area contributed by atoms with Gasteiger partial charge in [-0.1, -0.05) is 0 Å². The number of aryl methyl sites for hydroxylation is 2. The Hall–Kier alpha value is -0.970. The van der Waals surface area contributed by atoms with Crippen LogP contribution in [-0.4, -0.2) is 15.5 Å². The molecule has 0 bridgehead atoms. The third kappa shape index (κ3) is 4.79. The van der Waals surface area contributed by atoms with Gasteiger partial charge in [0.25, 0.3) is 0 Å². The van der Waals surface area contributed by atoms with Gasteiger partial charge in [-0.25, -0.2) is 14.4 Å². The van der Waals surface area contributed by atoms with E-state index in [9.17, 15) is 0 Å². The molecule has 0 fully saturated rings. The third-order valence-corrected chi connectivity index (χ3v) is 1.28. The summed E-state index contributed by atoms with van der Waals surface area (Å²) in [6, 6.07) is 0. The van der Waals surface area contributed by atoms with Crippen LogP contribution in [0.3, 0.4) is 0 Å². The molecule has 0 spiro atoms. The van der Waals surface area contributed by atoms with Gasteiger partial charge in [-0.15, -0.1) is 4.67 Å². The SMILES string of the molecule is Cc1cn[nH]c1C.O=P(=O)OO.[H]. The van der Waals surface area contributed by atoms with Gasteiger partial charge in [0, 0.05) is 7.12 Å². The number of H-pyrrole nitrogens is 1. The second kappa shape index (κ2) is 5.65. The summed E-state index contributed by atoms with van der Waals surface area (Å²) < 4.78 is 20.6. The van der Waals surface area contributed by atoms with Crippen molar-refractivity contribution in [2.24, 2.45) is 0 Å². The molecule has 0 aliphatic carbocycles. The minimum absolute atomic E-state index is 0. The largest absolute Gasteiger partial charge is 0.496 e. The molecule has 0 aromatic carbocycles. The fourth-order valence-corrected chi connectivity index (χ4v) is 0.411. The van der Waals surface area contributed by atoms with Crippen LogP contribution >= 0.6 is 7.91 Å². The molecule has 0 aliphatic heterocycles. The highest BCUT2D eigenvalue weighted by Gasteiger charge is 1.87. The van der Waals surface area contributed by atoms with E-state index in [-0.39, 0.29) is 1.43 Å². The minimum atomic E-state index is -3.04. The predicted molar refractivity (Wildman–Crippen MR) is 41.2 cm³/mol. The van der Waals surface area contributed by atoms with Crippen LogP contribution in [0.15, 0.2) is 6.20 Å². The molecular formula is C5H10N2O4P. The number of hydrogen-bond acceptors (Lipinski definition) is 5. The Morgan fingerprint density at radius 2 is 2.17 bits per heavy atom. The highest BCUT2D eigenvalue weighted by Crippen LogP contribution is 1.97. The highest BCUT2D eigenvalue weighted by atomic mass is 31.1. The van der Waals surface area contributed by atoms with Crippen molar-refractivity contribution in [2.75, 3.05) is 0 Å². The molecule has 1 radical (unpaired) electrons. The second-order valence-electron chi connectivity index (χ2n) is 1.98. The predicted octanol–water partition coefficient (Wildman–Crippen LogP) is 1.70. The molecular weight excluding hydrogens is 183 g/mol. The smallest absolute Gasteiger partial charge is 0.283 e. The zero-order chi connectivity index (χ0) is 9.56. The van der Waals surface area contributed by atoms with E-state index in [1.807, 2.05) is 20.0 Å². The Morgan fingerprint density at radius 3 is 2.25 bits per heavy atom. The fourth-order valence-electron chi connectivity index (χ4n) is 0.411. The quantitative estimate of drug-likeness (QED) is 0.402. The first kappa shape index (κ1) is 11.0.